The van der Waals surface area contributed by atoms with Crippen molar-refractivity contribution in [1.29, 1.82) is 0 Å². The van der Waals surface area contributed by atoms with Gasteiger partial charge < -0.3 is 10.5 Å². The number of carbonyl (C=O) groups is 1. The molecule has 0 saturated heterocycles. The van der Waals surface area contributed by atoms with Gasteiger partial charge in [-0.1, -0.05) is 11.6 Å². The molecule has 0 unspecified atom stereocenters. The fourth-order valence-electron chi connectivity index (χ4n) is 0.877. The fraction of sp³-hybridized carbons (Fsp3) is 0.125. The summed E-state index contributed by atoms with van der Waals surface area (Å²) in [7, 11) is 1.14. The van der Waals surface area contributed by atoms with Gasteiger partial charge in [0.2, 0.25) is 0 Å². The Morgan fingerprint density at radius 3 is 2.77 bits per heavy atom. The zero-order valence-electron chi connectivity index (χ0n) is 6.80. The van der Waals surface area contributed by atoms with Gasteiger partial charge in [0, 0.05) is 0 Å². The molecular weight excluding hydrogens is 197 g/mol. The third-order valence-corrected chi connectivity index (χ3v) is 1.86. The number of carbonyl (C=O) groups excluding carboxylic acids is 1. The Labute approximate surface area is 79.2 Å². The summed E-state index contributed by atoms with van der Waals surface area (Å²) in [6.07, 6.45) is 0. The van der Waals surface area contributed by atoms with Crippen LogP contribution in [0.5, 0.6) is 0 Å². The first kappa shape index (κ1) is 9.80. The first-order chi connectivity index (χ1) is 6.07. The van der Waals surface area contributed by atoms with Crippen LogP contribution in [-0.2, 0) is 4.74 Å². The minimum atomic E-state index is -0.836. The molecule has 1 rings (SSSR count). The third kappa shape index (κ3) is 1.72. The van der Waals surface area contributed by atoms with Crippen molar-refractivity contribution in [3.63, 3.8) is 0 Å². The van der Waals surface area contributed by atoms with Gasteiger partial charge in [-0.3, -0.25) is 0 Å². The molecule has 0 fully saturated rings. The Kier molecular flexibility index (Phi) is 2.72. The molecule has 0 heterocycles. The molecule has 2 N–H and O–H groups in total. The molecule has 3 nitrogen and oxygen atoms in total. The van der Waals surface area contributed by atoms with Crippen LogP contribution in [0, 0.1) is 5.82 Å². The topological polar surface area (TPSA) is 52.3 Å². The highest BCUT2D eigenvalue weighted by atomic mass is 35.5. The lowest BCUT2D eigenvalue weighted by Crippen LogP contribution is -2.08. The number of nitrogen functional groups attached to an aromatic ring is 1. The molecular formula is C8H7ClFNO2. The van der Waals surface area contributed by atoms with Gasteiger partial charge in [0.05, 0.1) is 17.8 Å². The molecule has 0 spiro atoms. The molecule has 0 atom stereocenters. The van der Waals surface area contributed by atoms with Gasteiger partial charge in [0.1, 0.15) is 11.4 Å². The average molecular weight is 204 g/mol. The Morgan fingerprint density at radius 1 is 1.62 bits per heavy atom. The van der Waals surface area contributed by atoms with Gasteiger partial charge in [-0.25, -0.2) is 9.18 Å². The number of anilines is 1. The van der Waals surface area contributed by atoms with E-state index in [1.807, 2.05) is 0 Å². The average Bonchev–Trinajstić information content (AvgIpc) is 2.12. The summed E-state index contributed by atoms with van der Waals surface area (Å²) in [6.45, 7) is 0. The SMILES string of the molecule is COC(=O)c1c(F)ccc(Cl)c1N. The molecule has 0 bridgehead atoms. The summed E-state index contributed by atoms with van der Waals surface area (Å²) < 4.78 is 17.4. The first-order valence-corrected chi connectivity index (χ1v) is 3.77. The molecule has 70 valence electrons. The molecule has 13 heavy (non-hydrogen) atoms. The highest BCUT2D eigenvalue weighted by molar-refractivity contribution is 6.33. The summed E-state index contributed by atoms with van der Waals surface area (Å²) in [4.78, 5) is 11.0. The molecule has 0 aliphatic rings. The predicted molar refractivity (Wildman–Crippen MR) is 47.2 cm³/mol. The maximum absolute atomic E-state index is 13.0. The molecule has 1 aromatic rings. The van der Waals surface area contributed by atoms with Crippen molar-refractivity contribution in [2.24, 2.45) is 0 Å². The quantitative estimate of drug-likeness (QED) is 0.560. The number of hydrogen-bond donors (Lipinski definition) is 1. The number of nitrogens with two attached hydrogens (primary N) is 1. The van der Waals surface area contributed by atoms with Crippen LogP contribution in [0.1, 0.15) is 10.4 Å². The lowest BCUT2D eigenvalue weighted by molar-refractivity contribution is 0.0597. The zero-order valence-corrected chi connectivity index (χ0v) is 7.56. The van der Waals surface area contributed by atoms with Crippen molar-refractivity contribution < 1.29 is 13.9 Å². The number of ether oxygens (including phenoxy) is 1. The summed E-state index contributed by atoms with van der Waals surface area (Å²) in [5.74, 6) is -1.58. The number of benzene rings is 1. The minimum absolute atomic E-state index is 0.103. The molecule has 5 heteroatoms. The Bertz CT molecular complexity index is 354. The minimum Gasteiger partial charge on any atom is -0.465 e. The van der Waals surface area contributed by atoms with Crippen molar-refractivity contribution in [2.75, 3.05) is 12.8 Å². The molecule has 0 amide bonds. The third-order valence-electron chi connectivity index (χ3n) is 1.53. The molecule has 0 aliphatic carbocycles. The molecule has 1 aromatic carbocycles. The van der Waals surface area contributed by atoms with Gasteiger partial charge in [-0.2, -0.15) is 0 Å². The van der Waals surface area contributed by atoms with Crippen molar-refractivity contribution in [1.82, 2.24) is 0 Å². The van der Waals surface area contributed by atoms with Crippen LogP contribution in [0.25, 0.3) is 0 Å². The maximum Gasteiger partial charge on any atom is 0.343 e. The van der Waals surface area contributed by atoms with Crippen LogP contribution in [0.4, 0.5) is 10.1 Å². The van der Waals surface area contributed by atoms with Gasteiger partial charge in [0.25, 0.3) is 0 Å². The van der Waals surface area contributed by atoms with Crippen LogP contribution in [0.3, 0.4) is 0 Å². The maximum atomic E-state index is 13.0. The Hall–Kier alpha value is -1.29. The van der Waals surface area contributed by atoms with Gasteiger partial charge in [-0.15, -0.1) is 0 Å². The number of esters is 1. The fourth-order valence-corrected chi connectivity index (χ4v) is 1.03. The van der Waals surface area contributed by atoms with E-state index in [1.54, 1.807) is 0 Å². The van der Waals surface area contributed by atoms with Crippen molar-refractivity contribution in [3.05, 3.63) is 28.5 Å². The van der Waals surface area contributed by atoms with Crippen LogP contribution in [0.2, 0.25) is 5.02 Å². The van der Waals surface area contributed by atoms with Gasteiger partial charge >= 0.3 is 5.97 Å². The second-order valence-corrected chi connectivity index (χ2v) is 2.72. The van der Waals surface area contributed by atoms with E-state index in [0.717, 1.165) is 13.2 Å². The highest BCUT2D eigenvalue weighted by Gasteiger charge is 2.17. The van der Waals surface area contributed by atoms with E-state index in [-0.39, 0.29) is 16.3 Å². The van der Waals surface area contributed by atoms with Crippen molar-refractivity contribution >= 4 is 23.3 Å². The van der Waals surface area contributed by atoms with E-state index in [0.29, 0.717) is 0 Å². The van der Waals surface area contributed by atoms with Crippen LogP contribution in [0.15, 0.2) is 12.1 Å². The van der Waals surface area contributed by atoms with E-state index in [1.165, 1.54) is 6.07 Å². The van der Waals surface area contributed by atoms with Crippen LogP contribution < -0.4 is 5.73 Å². The second kappa shape index (κ2) is 3.62. The summed E-state index contributed by atoms with van der Waals surface area (Å²) in [5, 5.41) is 0.127. The lowest BCUT2D eigenvalue weighted by Gasteiger charge is -2.05. The Morgan fingerprint density at radius 2 is 2.23 bits per heavy atom. The van der Waals surface area contributed by atoms with Crippen LogP contribution in [-0.4, -0.2) is 13.1 Å². The Balaban J connectivity index is 3.33. The normalized spacial score (nSPS) is 9.77. The largest absolute Gasteiger partial charge is 0.465 e. The van der Waals surface area contributed by atoms with Crippen molar-refractivity contribution in [2.45, 2.75) is 0 Å². The summed E-state index contributed by atoms with van der Waals surface area (Å²) >= 11 is 5.59. The van der Waals surface area contributed by atoms with E-state index < -0.39 is 11.8 Å². The molecule has 0 radical (unpaired) electrons. The predicted octanol–water partition coefficient (Wildman–Crippen LogP) is 1.85. The first-order valence-electron chi connectivity index (χ1n) is 3.39. The lowest BCUT2D eigenvalue weighted by atomic mass is 10.1. The van der Waals surface area contributed by atoms with Gasteiger partial charge in [0.15, 0.2) is 0 Å². The number of halogens is 2. The number of methoxy groups -OCH3 is 1. The van der Waals surface area contributed by atoms with E-state index in [2.05, 4.69) is 4.74 Å². The summed E-state index contributed by atoms with van der Waals surface area (Å²) in [5.41, 5.74) is 4.96. The number of rotatable bonds is 1. The highest BCUT2D eigenvalue weighted by Crippen LogP contribution is 2.25. The van der Waals surface area contributed by atoms with Gasteiger partial charge in [-0.05, 0) is 12.1 Å². The second-order valence-electron chi connectivity index (χ2n) is 2.31. The smallest absolute Gasteiger partial charge is 0.343 e. The molecule has 0 aromatic heterocycles. The van der Waals surface area contributed by atoms with Crippen molar-refractivity contribution in [3.8, 4) is 0 Å². The van der Waals surface area contributed by atoms with E-state index in [9.17, 15) is 9.18 Å². The molecule has 0 saturated carbocycles. The number of hydrogen-bond acceptors (Lipinski definition) is 3. The summed E-state index contributed by atoms with van der Waals surface area (Å²) in [6, 6.07) is 2.34. The van der Waals surface area contributed by atoms with E-state index >= 15 is 0 Å². The zero-order chi connectivity index (χ0) is 10.0. The molecule has 0 aliphatic heterocycles. The van der Waals surface area contributed by atoms with Crippen LogP contribution >= 0.6 is 11.6 Å². The van der Waals surface area contributed by atoms with E-state index in [4.69, 9.17) is 17.3 Å². The monoisotopic (exact) mass is 203 g/mol. The standard InChI is InChI=1S/C8H7ClFNO2/c1-13-8(12)6-5(10)3-2-4(9)7(6)11/h2-3H,11H2,1H3.